The van der Waals surface area contributed by atoms with E-state index in [-0.39, 0.29) is 11.9 Å². The van der Waals surface area contributed by atoms with Gasteiger partial charge in [0.25, 0.3) is 5.91 Å². The van der Waals surface area contributed by atoms with Crippen LogP contribution in [-0.4, -0.2) is 11.9 Å². The third-order valence-electron chi connectivity index (χ3n) is 4.30. The van der Waals surface area contributed by atoms with Crippen molar-refractivity contribution in [1.82, 2.24) is 10.0 Å². The molecule has 0 aliphatic carbocycles. The van der Waals surface area contributed by atoms with Crippen LogP contribution in [0, 0.1) is 0 Å². The molecule has 0 spiro atoms. The summed E-state index contributed by atoms with van der Waals surface area (Å²) in [5.41, 5.74) is 3.25. The average Bonchev–Trinajstić information content (AvgIpc) is 2.77. The van der Waals surface area contributed by atoms with Gasteiger partial charge in [-0.05, 0) is 79.7 Å². The van der Waals surface area contributed by atoms with Crippen LogP contribution in [0.2, 0.25) is 5.02 Å². The van der Waals surface area contributed by atoms with Crippen LogP contribution in [0.25, 0.3) is 0 Å². The first kappa shape index (κ1) is 25.0. The fraction of sp³-hybridized carbons (Fsp3) is 0.269. The maximum atomic E-state index is 11.9. The number of carbonyl (C=O) groups is 1. The Morgan fingerprint density at radius 1 is 0.903 bits per heavy atom. The predicted molar refractivity (Wildman–Crippen MR) is 134 cm³/mol. The molecular formula is C26H31ClN2OS. The van der Waals surface area contributed by atoms with E-state index in [0.717, 1.165) is 22.0 Å². The van der Waals surface area contributed by atoms with Crippen molar-refractivity contribution in [2.24, 2.45) is 0 Å². The Hall–Kier alpha value is -2.27. The molecule has 0 saturated heterocycles. The summed E-state index contributed by atoms with van der Waals surface area (Å²) < 4.78 is 3.29. The van der Waals surface area contributed by atoms with Crippen LogP contribution in [0.5, 0.6) is 0 Å². The highest BCUT2D eigenvalue weighted by atomic mass is 35.5. The van der Waals surface area contributed by atoms with Crippen molar-refractivity contribution in [3.63, 3.8) is 0 Å². The minimum absolute atomic E-state index is 0.0370. The quantitative estimate of drug-likeness (QED) is 0.363. The van der Waals surface area contributed by atoms with Gasteiger partial charge in [-0.2, -0.15) is 0 Å². The third kappa shape index (κ3) is 10.1. The van der Waals surface area contributed by atoms with Crippen molar-refractivity contribution in [1.29, 1.82) is 0 Å². The van der Waals surface area contributed by atoms with Crippen LogP contribution in [0.4, 0.5) is 0 Å². The highest BCUT2D eigenvalue weighted by Crippen LogP contribution is 2.18. The maximum Gasteiger partial charge on any atom is 0.251 e. The number of amides is 1. The molecule has 0 bridgehead atoms. The number of aryl methyl sites for hydroxylation is 1. The lowest BCUT2D eigenvalue weighted by Crippen LogP contribution is -2.30. The Balaban J connectivity index is 0.000000316. The Kier molecular flexibility index (Phi) is 11.2. The second kappa shape index (κ2) is 13.9. The maximum absolute atomic E-state index is 11.9. The summed E-state index contributed by atoms with van der Waals surface area (Å²) in [6.07, 6.45) is 2.45. The molecule has 0 aliphatic rings. The van der Waals surface area contributed by atoms with E-state index in [1.807, 2.05) is 62.4 Å². The van der Waals surface area contributed by atoms with Gasteiger partial charge >= 0.3 is 0 Å². The van der Waals surface area contributed by atoms with Crippen LogP contribution < -0.4 is 10.0 Å². The topological polar surface area (TPSA) is 41.1 Å². The van der Waals surface area contributed by atoms with Gasteiger partial charge in [0.2, 0.25) is 0 Å². The largest absolute Gasteiger partial charge is 0.350 e. The first-order valence-corrected chi connectivity index (χ1v) is 11.8. The molecule has 3 rings (SSSR count). The highest BCUT2D eigenvalue weighted by Gasteiger charge is 2.06. The Bertz CT molecular complexity index is 897. The SMILES string of the molecule is CC(C)NC(=O)c1ccc(CNSc2ccc(Cl)cc2)cc1.CCCc1ccccc1. The molecular weight excluding hydrogens is 424 g/mol. The summed E-state index contributed by atoms with van der Waals surface area (Å²) in [7, 11) is 0. The predicted octanol–water partition coefficient (Wildman–Crippen LogP) is 6.91. The molecule has 1 amide bonds. The van der Waals surface area contributed by atoms with Gasteiger partial charge in [0.05, 0.1) is 0 Å². The molecule has 0 fully saturated rings. The molecule has 3 aromatic carbocycles. The highest BCUT2D eigenvalue weighted by molar-refractivity contribution is 7.97. The van der Waals surface area contributed by atoms with E-state index < -0.39 is 0 Å². The normalized spacial score (nSPS) is 10.4. The van der Waals surface area contributed by atoms with Crippen molar-refractivity contribution in [3.05, 3.63) is 101 Å². The zero-order chi connectivity index (χ0) is 22.5. The molecule has 0 unspecified atom stereocenters. The second-order valence-electron chi connectivity index (χ2n) is 7.44. The number of nitrogens with one attached hydrogen (secondary N) is 2. The van der Waals surface area contributed by atoms with Gasteiger partial charge < -0.3 is 5.32 Å². The lowest BCUT2D eigenvalue weighted by molar-refractivity contribution is 0.0943. The zero-order valence-electron chi connectivity index (χ0n) is 18.4. The standard InChI is InChI=1S/C17H19ClN2OS.C9H12/c1-12(2)20-17(21)14-5-3-13(4-6-14)11-19-22-16-9-7-15(18)8-10-16;1-2-6-9-7-4-3-5-8-9/h3-10,12,19H,11H2,1-2H3,(H,20,21);3-5,7-8H,2,6H2,1H3. The summed E-state index contributed by atoms with van der Waals surface area (Å²) in [6.45, 7) is 6.82. The van der Waals surface area contributed by atoms with E-state index in [1.165, 1.54) is 18.4 Å². The smallest absolute Gasteiger partial charge is 0.251 e. The molecule has 0 aliphatic heterocycles. The van der Waals surface area contributed by atoms with E-state index >= 15 is 0 Å². The summed E-state index contributed by atoms with van der Waals surface area (Å²) in [4.78, 5) is 13.0. The van der Waals surface area contributed by atoms with Crippen LogP contribution in [-0.2, 0) is 13.0 Å². The first-order valence-electron chi connectivity index (χ1n) is 10.6. The Labute approximate surface area is 195 Å². The van der Waals surface area contributed by atoms with Crippen molar-refractivity contribution in [2.45, 2.75) is 51.1 Å². The molecule has 5 heteroatoms. The molecule has 2 N–H and O–H groups in total. The van der Waals surface area contributed by atoms with Gasteiger partial charge in [-0.1, -0.05) is 67.4 Å². The molecule has 164 valence electrons. The summed E-state index contributed by atoms with van der Waals surface area (Å²) in [6, 6.07) is 26.0. The van der Waals surface area contributed by atoms with Gasteiger partial charge in [0, 0.05) is 28.1 Å². The second-order valence-corrected chi connectivity index (χ2v) is 8.84. The van der Waals surface area contributed by atoms with Crippen LogP contribution in [0.15, 0.2) is 83.8 Å². The van der Waals surface area contributed by atoms with Crippen LogP contribution in [0.1, 0.15) is 48.7 Å². The van der Waals surface area contributed by atoms with Crippen molar-refractivity contribution >= 4 is 29.5 Å². The minimum Gasteiger partial charge on any atom is -0.350 e. The lowest BCUT2D eigenvalue weighted by atomic mass is 10.1. The van der Waals surface area contributed by atoms with Gasteiger partial charge in [-0.15, -0.1) is 0 Å². The monoisotopic (exact) mass is 454 g/mol. The van der Waals surface area contributed by atoms with Crippen molar-refractivity contribution in [3.8, 4) is 0 Å². The van der Waals surface area contributed by atoms with E-state index in [1.54, 1.807) is 11.9 Å². The summed E-state index contributed by atoms with van der Waals surface area (Å²) in [5.74, 6) is -0.0370. The fourth-order valence-corrected chi connectivity index (χ4v) is 3.56. The van der Waals surface area contributed by atoms with E-state index in [4.69, 9.17) is 11.6 Å². The van der Waals surface area contributed by atoms with Gasteiger partial charge in [-0.3, -0.25) is 9.52 Å². The summed E-state index contributed by atoms with van der Waals surface area (Å²) >= 11 is 7.41. The molecule has 0 atom stereocenters. The number of hydrogen-bond donors (Lipinski definition) is 2. The number of halogens is 1. The molecule has 0 radical (unpaired) electrons. The zero-order valence-corrected chi connectivity index (χ0v) is 20.0. The molecule has 0 aromatic heterocycles. The number of hydrogen-bond acceptors (Lipinski definition) is 3. The molecule has 0 saturated carbocycles. The van der Waals surface area contributed by atoms with Crippen LogP contribution in [0.3, 0.4) is 0 Å². The van der Waals surface area contributed by atoms with Gasteiger partial charge in [0.1, 0.15) is 0 Å². The average molecular weight is 455 g/mol. The van der Waals surface area contributed by atoms with Gasteiger partial charge in [0.15, 0.2) is 0 Å². The number of carbonyl (C=O) groups excluding carboxylic acids is 1. The molecule has 31 heavy (non-hydrogen) atoms. The third-order valence-corrected chi connectivity index (χ3v) is 5.35. The van der Waals surface area contributed by atoms with Crippen molar-refractivity contribution < 1.29 is 4.79 Å². The summed E-state index contributed by atoms with van der Waals surface area (Å²) in [5, 5.41) is 3.61. The molecule has 3 nitrogen and oxygen atoms in total. The fourth-order valence-electron chi connectivity index (χ4n) is 2.76. The van der Waals surface area contributed by atoms with Crippen molar-refractivity contribution in [2.75, 3.05) is 0 Å². The minimum atomic E-state index is -0.0370. The number of benzene rings is 3. The van der Waals surface area contributed by atoms with Gasteiger partial charge in [-0.25, -0.2) is 0 Å². The first-order chi connectivity index (χ1) is 15.0. The van der Waals surface area contributed by atoms with E-state index in [2.05, 4.69) is 47.3 Å². The van der Waals surface area contributed by atoms with E-state index in [9.17, 15) is 4.79 Å². The van der Waals surface area contributed by atoms with Crippen LogP contribution >= 0.6 is 23.5 Å². The Morgan fingerprint density at radius 3 is 2.13 bits per heavy atom. The Morgan fingerprint density at radius 2 is 1.55 bits per heavy atom. The van der Waals surface area contributed by atoms with E-state index in [0.29, 0.717) is 5.56 Å². The lowest BCUT2D eigenvalue weighted by Gasteiger charge is -2.09. The number of rotatable bonds is 8. The molecule has 3 aromatic rings. The molecule has 0 heterocycles.